The molecule has 0 saturated carbocycles. The molecular formula is C12H17N3O. The minimum atomic E-state index is -0.301. The number of anilines is 1. The first-order valence-corrected chi connectivity index (χ1v) is 5.56. The van der Waals surface area contributed by atoms with Gasteiger partial charge in [-0.05, 0) is 24.5 Å². The SMILES string of the molecule is NC(=O)CN1CCCC(N)c2ccccc21. The fourth-order valence-electron chi connectivity index (χ4n) is 2.22. The molecule has 1 atom stereocenters. The number of rotatable bonds is 2. The first-order valence-electron chi connectivity index (χ1n) is 5.56. The van der Waals surface area contributed by atoms with Crippen molar-refractivity contribution in [2.45, 2.75) is 18.9 Å². The molecule has 1 aromatic carbocycles. The van der Waals surface area contributed by atoms with E-state index < -0.39 is 0 Å². The molecular weight excluding hydrogens is 202 g/mol. The maximum atomic E-state index is 11.0. The summed E-state index contributed by atoms with van der Waals surface area (Å²) in [6.45, 7) is 1.11. The topological polar surface area (TPSA) is 72.4 Å². The molecule has 1 unspecified atom stereocenters. The van der Waals surface area contributed by atoms with Crippen molar-refractivity contribution in [1.82, 2.24) is 0 Å². The molecule has 4 N–H and O–H groups in total. The van der Waals surface area contributed by atoms with Gasteiger partial charge in [-0.3, -0.25) is 4.79 Å². The average molecular weight is 219 g/mol. The van der Waals surface area contributed by atoms with E-state index in [1.54, 1.807) is 0 Å². The highest BCUT2D eigenvalue weighted by Gasteiger charge is 2.20. The molecule has 1 aliphatic rings. The van der Waals surface area contributed by atoms with Gasteiger partial charge >= 0.3 is 0 Å². The van der Waals surface area contributed by atoms with E-state index in [0.717, 1.165) is 30.6 Å². The number of amides is 1. The third-order valence-corrected chi connectivity index (χ3v) is 2.97. The Labute approximate surface area is 95.2 Å². The molecule has 1 amide bonds. The zero-order chi connectivity index (χ0) is 11.5. The van der Waals surface area contributed by atoms with Crippen LogP contribution in [-0.4, -0.2) is 19.0 Å². The van der Waals surface area contributed by atoms with Crippen LogP contribution < -0.4 is 16.4 Å². The van der Waals surface area contributed by atoms with Crippen LogP contribution in [0.2, 0.25) is 0 Å². The van der Waals surface area contributed by atoms with Crippen LogP contribution in [0, 0.1) is 0 Å². The fraction of sp³-hybridized carbons (Fsp3) is 0.417. The van der Waals surface area contributed by atoms with Gasteiger partial charge in [0, 0.05) is 18.3 Å². The molecule has 1 aromatic rings. The molecule has 4 nitrogen and oxygen atoms in total. The van der Waals surface area contributed by atoms with Crippen molar-refractivity contribution in [3.63, 3.8) is 0 Å². The first kappa shape index (κ1) is 11.0. The summed E-state index contributed by atoms with van der Waals surface area (Å²) in [4.78, 5) is 13.0. The Morgan fingerprint density at radius 2 is 2.19 bits per heavy atom. The van der Waals surface area contributed by atoms with E-state index >= 15 is 0 Å². The lowest BCUT2D eigenvalue weighted by Crippen LogP contribution is -2.34. The van der Waals surface area contributed by atoms with Crippen molar-refractivity contribution in [1.29, 1.82) is 0 Å². The number of nitrogens with zero attached hydrogens (tertiary/aromatic N) is 1. The molecule has 86 valence electrons. The maximum Gasteiger partial charge on any atom is 0.236 e. The van der Waals surface area contributed by atoms with E-state index in [2.05, 4.69) is 0 Å². The normalized spacial score (nSPS) is 20.1. The summed E-state index contributed by atoms with van der Waals surface area (Å²) < 4.78 is 0. The van der Waals surface area contributed by atoms with Crippen LogP contribution in [0.5, 0.6) is 0 Å². The molecule has 4 heteroatoms. The molecule has 0 bridgehead atoms. The standard InChI is InChI=1S/C12H17N3O/c13-10-5-3-7-15(8-12(14)16)11-6-2-1-4-9(10)11/h1-2,4,6,10H,3,5,7-8,13H2,(H2,14,16). The van der Waals surface area contributed by atoms with Crippen LogP contribution in [-0.2, 0) is 4.79 Å². The van der Waals surface area contributed by atoms with Crippen molar-refractivity contribution in [3.05, 3.63) is 29.8 Å². The minimum absolute atomic E-state index is 0.0640. The van der Waals surface area contributed by atoms with E-state index in [1.807, 2.05) is 29.2 Å². The molecule has 0 fully saturated rings. The highest BCUT2D eigenvalue weighted by molar-refractivity contribution is 5.80. The molecule has 0 spiro atoms. The van der Waals surface area contributed by atoms with E-state index in [0.29, 0.717) is 0 Å². The average Bonchev–Trinajstić information content (AvgIpc) is 2.40. The molecule has 0 radical (unpaired) electrons. The van der Waals surface area contributed by atoms with Crippen LogP contribution in [0.4, 0.5) is 5.69 Å². The second-order valence-corrected chi connectivity index (χ2v) is 4.20. The number of fused-ring (bicyclic) bond motifs is 1. The lowest BCUT2D eigenvalue weighted by Gasteiger charge is -2.23. The van der Waals surface area contributed by atoms with Gasteiger partial charge in [0.15, 0.2) is 0 Å². The lowest BCUT2D eigenvalue weighted by molar-refractivity contribution is -0.116. The van der Waals surface area contributed by atoms with Crippen molar-refractivity contribution < 1.29 is 4.79 Å². The van der Waals surface area contributed by atoms with Gasteiger partial charge in [0.2, 0.25) is 5.91 Å². The molecule has 16 heavy (non-hydrogen) atoms. The number of hydrogen-bond donors (Lipinski definition) is 2. The summed E-state index contributed by atoms with van der Waals surface area (Å²) in [5.41, 5.74) is 13.5. The number of hydrogen-bond acceptors (Lipinski definition) is 3. The highest BCUT2D eigenvalue weighted by atomic mass is 16.1. The van der Waals surface area contributed by atoms with Gasteiger partial charge in [0.05, 0.1) is 6.54 Å². The largest absolute Gasteiger partial charge is 0.368 e. The Morgan fingerprint density at radius 3 is 2.94 bits per heavy atom. The number of nitrogens with two attached hydrogens (primary N) is 2. The van der Waals surface area contributed by atoms with Crippen LogP contribution >= 0.6 is 0 Å². The van der Waals surface area contributed by atoms with Crippen molar-refractivity contribution in [2.24, 2.45) is 11.5 Å². The Kier molecular flexibility index (Phi) is 3.10. The Bertz CT molecular complexity index is 392. The molecule has 1 heterocycles. The van der Waals surface area contributed by atoms with Crippen LogP contribution in [0.25, 0.3) is 0 Å². The van der Waals surface area contributed by atoms with Crippen LogP contribution in [0.3, 0.4) is 0 Å². The van der Waals surface area contributed by atoms with E-state index in [9.17, 15) is 4.79 Å². The van der Waals surface area contributed by atoms with E-state index in [1.165, 1.54) is 0 Å². The summed E-state index contributed by atoms with van der Waals surface area (Å²) in [7, 11) is 0. The fourth-order valence-corrected chi connectivity index (χ4v) is 2.22. The van der Waals surface area contributed by atoms with E-state index in [4.69, 9.17) is 11.5 Å². The van der Waals surface area contributed by atoms with Gasteiger partial charge < -0.3 is 16.4 Å². The summed E-state index contributed by atoms with van der Waals surface area (Å²) in [5, 5.41) is 0. The monoisotopic (exact) mass is 219 g/mol. The summed E-state index contributed by atoms with van der Waals surface area (Å²) in [6, 6.07) is 8.04. The van der Waals surface area contributed by atoms with Gasteiger partial charge in [-0.1, -0.05) is 18.2 Å². The number of carbonyl (C=O) groups is 1. The van der Waals surface area contributed by atoms with Gasteiger partial charge in [0.1, 0.15) is 0 Å². The number of primary amides is 1. The second kappa shape index (κ2) is 4.53. The molecule has 1 aliphatic heterocycles. The first-order chi connectivity index (χ1) is 7.68. The summed E-state index contributed by atoms with van der Waals surface area (Å²) in [5.74, 6) is -0.301. The maximum absolute atomic E-state index is 11.0. The van der Waals surface area contributed by atoms with Crippen molar-refractivity contribution in [3.8, 4) is 0 Å². The summed E-state index contributed by atoms with van der Waals surface area (Å²) in [6.07, 6.45) is 1.94. The summed E-state index contributed by atoms with van der Waals surface area (Å²) >= 11 is 0. The van der Waals surface area contributed by atoms with Crippen molar-refractivity contribution in [2.75, 3.05) is 18.0 Å². The number of carbonyl (C=O) groups excluding carboxylic acids is 1. The molecule has 0 aliphatic carbocycles. The van der Waals surface area contributed by atoms with Gasteiger partial charge in [-0.15, -0.1) is 0 Å². The second-order valence-electron chi connectivity index (χ2n) is 4.20. The van der Waals surface area contributed by atoms with Gasteiger partial charge in [-0.2, -0.15) is 0 Å². The predicted octanol–water partition coefficient (Wildman–Crippen LogP) is 0.772. The zero-order valence-corrected chi connectivity index (χ0v) is 9.23. The van der Waals surface area contributed by atoms with Crippen LogP contribution in [0.15, 0.2) is 24.3 Å². The Hall–Kier alpha value is -1.55. The third kappa shape index (κ3) is 2.17. The van der Waals surface area contributed by atoms with Crippen LogP contribution in [0.1, 0.15) is 24.4 Å². The van der Waals surface area contributed by atoms with Crippen molar-refractivity contribution >= 4 is 11.6 Å². The van der Waals surface area contributed by atoms with E-state index in [-0.39, 0.29) is 18.5 Å². The smallest absolute Gasteiger partial charge is 0.236 e. The Morgan fingerprint density at radius 1 is 1.44 bits per heavy atom. The number of benzene rings is 1. The quantitative estimate of drug-likeness (QED) is 0.771. The molecule has 2 rings (SSSR count). The third-order valence-electron chi connectivity index (χ3n) is 2.97. The zero-order valence-electron chi connectivity index (χ0n) is 9.23. The number of para-hydroxylation sites is 1. The molecule has 0 aromatic heterocycles. The molecule has 0 saturated heterocycles. The lowest BCUT2D eigenvalue weighted by atomic mass is 10.0. The van der Waals surface area contributed by atoms with Gasteiger partial charge in [-0.25, -0.2) is 0 Å². The Balaban J connectivity index is 2.34. The van der Waals surface area contributed by atoms with Gasteiger partial charge in [0.25, 0.3) is 0 Å². The minimum Gasteiger partial charge on any atom is -0.368 e. The highest BCUT2D eigenvalue weighted by Crippen LogP contribution is 2.30. The predicted molar refractivity (Wildman–Crippen MR) is 64.0 cm³/mol.